The van der Waals surface area contributed by atoms with Crippen LogP contribution < -0.4 is 0 Å². The highest BCUT2D eigenvalue weighted by Gasteiger charge is 2.24. The molecule has 0 radical (unpaired) electrons. The van der Waals surface area contributed by atoms with Crippen LogP contribution in [-0.4, -0.2) is 37.3 Å². The van der Waals surface area contributed by atoms with Crippen molar-refractivity contribution in [2.75, 3.05) is 26.3 Å². The van der Waals surface area contributed by atoms with E-state index in [1.54, 1.807) is 4.90 Å². The molecule has 0 bridgehead atoms. The van der Waals surface area contributed by atoms with Gasteiger partial charge in [0.25, 0.3) is 0 Å². The molecule has 22 heavy (non-hydrogen) atoms. The van der Waals surface area contributed by atoms with Gasteiger partial charge >= 0.3 is 6.09 Å². The summed E-state index contributed by atoms with van der Waals surface area (Å²) in [5, 5.41) is 8.47. The van der Waals surface area contributed by atoms with Gasteiger partial charge in [0.05, 0.1) is 25.7 Å². The highest BCUT2D eigenvalue weighted by atomic mass is 16.6. The molecule has 1 unspecified atom stereocenters. The first-order valence-electron chi connectivity index (χ1n) is 7.70. The topological polar surface area (TPSA) is 62.6 Å². The fraction of sp³-hybridized carbons (Fsp3) is 0.529. The Bertz CT molecular complexity index is 498. The minimum Gasteiger partial charge on any atom is -0.445 e. The fourth-order valence-electron chi connectivity index (χ4n) is 2.55. The number of carbonyl (C=O) groups excluding carboxylic acids is 1. The molecule has 1 amide bonds. The molecule has 1 heterocycles. The molecular formula is C17H22N2O3. The molecule has 0 aromatic heterocycles. The third-order valence-corrected chi connectivity index (χ3v) is 3.69. The Labute approximate surface area is 131 Å². The van der Waals surface area contributed by atoms with E-state index in [1.165, 1.54) is 0 Å². The minimum atomic E-state index is -0.259. The molecule has 0 spiro atoms. The molecule has 2 rings (SSSR count). The quantitative estimate of drug-likeness (QED) is 0.758. The number of carbonyl (C=O) groups is 1. The largest absolute Gasteiger partial charge is 0.445 e. The lowest BCUT2D eigenvalue weighted by Gasteiger charge is -2.31. The molecule has 0 N–H and O–H groups in total. The second-order valence-corrected chi connectivity index (χ2v) is 5.48. The zero-order valence-electron chi connectivity index (χ0n) is 12.7. The first-order chi connectivity index (χ1) is 10.8. The molecule has 118 valence electrons. The lowest BCUT2D eigenvalue weighted by atomic mass is 9.99. The number of piperidine rings is 1. The van der Waals surface area contributed by atoms with E-state index < -0.39 is 0 Å². The maximum Gasteiger partial charge on any atom is 0.410 e. The van der Waals surface area contributed by atoms with Gasteiger partial charge < -0.3 is 14.4 Å². The fourth-order valence-corrected chi connectivity index (χ4v) is 2.55. The molecule has 1 aromatic carbocycles. The molecule has 0 aliphatic carbocycles. The summed E-state index contributed by atoms with van der Waals surface area (Å²) in [7, 11) is 0. The molecule has 1 fully saturated rings. The van der Waals surface area contributed by atoms with E-state index in [4.69, 9.17) is 14.7 Å². The smallest absolute Gasteiger partial charge is 0.410 e. The third-order valence-electron chi connectivity index (χ3n) is 3.69. The maximum atomic E-state index is 12.1. The van der Waals surface area contributed by atoms with Gasteiger partial charge in [-0.15, -0.1) is 0 Å². The van der Waals surface area contributed by atoms with E-state index in [2.05, 4.69) is 6.07 Å². The standard InChI is InChI=1S/C17H22N2O3/c18-9-5-11-21-13-16-8-4-10-19(12-16)17(20)22-14-15-6-2-1-3-7-15/h1-3,6-7,16H,4-5,8,10-14H2. The van der Waals surface area contributed by atoms with Crippen LogP contribution in [-0.2, 0) is 16.1 Å². The Morgan fingerprint density at radius 2 is 2.18 bits per heavy atom. The van der Waals surface area contributed by atoms with Crippen molar-refractivity contribution in [3.05, 3.63) is 35.9 Å². The van der Waals surface area contributed by atoms with Gasteiger partial charge in [-0.25, -0.2) is 4.79 Å². The van der Waals surface area contributed by atoms with Crippen LogP contribution in [0.15, 0.2) is 30.3 Å². The first kappa shape index (κ1) is 16.3. The maximum absolute atomic E-state index is 12.1. The third kappa shape index (κ3) is 5.38. The number of hydrogen-bond donors (Lipinski definition) is 0. The summed E-state index contributed by atoms with van der Waals surface area (Å²) in [6.45, 7) is 2.78. The van der Waals surface area contributed by atoms with Crippen LogP contribution in [0.1, 0.15) is 24.8 Å². The SMILES string of the molecule is N#CCCOCC1CCCN(C(=O)OCc2ccccc2)C1. The summed E-state index contributed by atoms with van der Waals surface area (Å²) in [6, 6.07) is 11.7. The molecule has 0 saturated carbocycles. The van der Waals surface area contributed by atoms with E-state index in [1.807, 2.05) is 30.3 Å². The van der Waals surface area contributed by atoms with Crippen molar-refractivity contribution < 1.29 is 14.3 Å². The number of benzene rings is 1. The zero-order valence-corrected chi connectivity index (χ0v) is 12.7. The highest BCUT2D eigenvalue weighted by Crippen LogP contribution is 2.18. The number of hydrogen-bond acceptors (Lipinski definition) is 4. The van der Waals surface area contributed by atoms with Gasteiger partial charge in [0.15, 0.2) is 0 Å². The van der Waals surface area contributed by atoms with E-state index in [-0.39, 0.29) is 6.09 Å². The molecule has 5 heteroatoms. The Morgan fingerprint density at radius 1 is 1.36 bits per heavy atom. The van der Waals surface area contributed by atoms with Gasteiger partial charge in [-0.1, -0.05) is 30.3 Å². The van der Waals surface area contributed by atoms with Crippen LogP contribution in [0.25, 0.3) is 0 Å². The monoisotopic (exact) mass is 302 g/mol. The van der Waals surface area contributed by atoms with Crippen molar-refractivity contribution in [1.82, 2.24) is 4.90 Å². The van der Waals surface area contributed by atoms with Gasteiger partial charge in [0.1, 0.15) is 6.61 Å². The molecule has 1 aliphatic rings. The summed E-state index contributed by atoms with van der Waals surface area (Å²) in [6.07, 6.45) is 2.17. The van der Waals surface area contributed by atoms with Crippen LogP contribution >= 0.6 is 0 Å². The van der Waals surface area contributed by atoms with Crippen LogP contribution in [0.5, 0.6) is 0 Å². The second-order valence-electron chi connectivity index (χ2n) is 5.48. The molecule has 1 atom stereocenters. The lowest BCUT2D eigenvalue weighted by Crippen LogP contribution is -2.41. The van der Waals surface area contributed by atoms with Gasteiger partial charge in [-0.3, -0.25) is 0 Å². The van der Waals surface area contributed by atoms with Crippen LogP contribution in [0.3, 0.4) is 0 Å². The highest BCUT2D eigenvalue weighted by molar-refractivity contribution is 5.67. The summed E-state index contributed by atoms with van der Waals surface area (Å²) < 4.78 is 10.8. The number of nitriles is 1. The zero-order chi connectivity index (χ0) is 15.6. The van der Waals surface area contributed by atoms with Gasteiger partial charge in [-0.05, 0) is 18.4 Å². The molecule has 1 aliphatic heterocycles. The van der Waals surface area contributed by atoms with Crippen LogP contribution in [0.4, 0.5) is 4.79 Å². The number of rotatable bonds is 6. The van der Waals surface area contributed by atoms with Gasteiger partial charge in [-0.2, -0.15) is 5.26 Å². The average molecular weight is 302 g/mol. The van der Waals surface area contributed by atoms with E-state index in [0.29, 0.717) is 38.7 Å². The van der Waals surface area contributed by atoms with Crippen molar-refractivity contribution >= 4 is 6.09 Å². The summed E-state index contributed by atoms with van der Waals surface area (Å²) in [5.74, 6) is 0.330. The number of ether oxygens (including phenoxy) is 2. The van der Waals surface area contributed by atoms with E-state index in [0.717, 1.165) is 24.9 Å². The normalized spacial score (nSPS) is 17.8. The van der Waals surface area contributed by atoms with Crippen LogP contribution in [0.2, 0.25) is 0 Å². The molecular weight excluding hydrogens is 280 g/mol. The van der Waals surface area contributed by atoms with E-state index >= 15 is 0 Å². The number of nitrogens with zero attached hydrogens (tertiary/aromatic N) is 2. The molecule has 5 nitrogen and oxygen atoms in total. The Kier molecular flexibility index (Phi) is 6.72. The average Bonchev–Trinajstić information content (AvgIpc) is 2.58. The van der Waals surface area contributed by atoms with Crippen molar-refractivity contribution in [3.8, 4) is 6.07 Å². The molecule has 1 saturated heterocycles. The molecule has 1 aromatic rings. The Morgan fingerprint density at radius 3 is 2.95 bits per heavy atom. The predicted octanol–water partition coefficient (Wildman–Crippen LogP) is 2.97. The first-order valence-corrected chi connectivity index (χ1v) is 7.70. The van der Waals surface area contributed by atoms with Crippen molar-refractivity contribution in [2.24, 2.45) is 5.92 Å². The minimum absolute atomic E-state index is 0.259. The number of amides is 1. The lowest BCUT2D eigenvalue weighted by molar-refractivity contribution is 0.0476. The Hall–Kier alpha value is -2.06. The Balaban J connectivity index is 1.71. The summed E-state index contributed by atoms with van der Waals surface area (Å²) >= 11 is 0. The second kappa shape index (κ2) is 9.06. The van der Waals surface area contributed by atoms with Crippen molar-refractivity contribution in [2.45, 2.75) is 25.9 Å². The predicted molar refractivity (Wildman–Crippen MR) is 82.0 cm³/mol. The van der Waals surface area contributed by atoms with Crippen LogP contribution in [0, 0.1) is 17.2 Å². The summed E-state index contributed by atoms with van der Waals surface area (Å²) in [4.78, 5) is 13.9. The van der Waals surface area contributed by atoms with Gasteiger partial charge in [0.2, 0.25) is 0 Å². The van der Waals surface area contributed by atoms with Gasteiger partial charge in [0, 0.05) is 19.0 Å². The van der Waals surface area contributed by atoms with Crippen molar-refractivity contribution in [1.29, 1.82) is 5.26 Å². The number of likely N-dealkylation sites (tertiary alicyclic amines) is 1. The van der Waals surface area contributed by atoms with E-state index in [9.17, 15) is 4.79 Å². The van der Waals surface area contributed by atoms with Crippen molar-refractivity contribution in [3.63, 3.8) is 0 Å². The summed E-state index contributed by atoms with van der Waals surface area (Å²) in [5.41, 5.74) is 0.990.